The van der Waals surface area contributed by atoms with Crippen molar-refractivity contribution < 1.29 is 36.0 Å². The number of rotatable bonds is 6. The van der Waals surface area contributed by atoms with Crippen LogP contribution < -0.4 is 0 Å². The molecule has 0 spiro atoms. The first-order valence-corrected chi connectivity index (χ1v) is 13.3. The molecule has 0 aromatic carbocycles. The lowest BCUT2D eigenvalue weighted by atomic mass is 10.1. The topological polar surface area (TPSA) is 97.4 Å². The van der Waals surface area contributed by atoms with E-state index < -0.39 is 54.6 Å². The molecular formula is C16H30O8SSi. The van der Waals surface area contributed by atoms with Crippen molar-refractivity contribution in [1.29, 1.82) is 0 Å². The number of hydrogen-bond donors (Lipinski definition) is 0. The van der Waals surface area contributed by atoms with Gasteiger partial charge in [-0.1, -0.05) is 20.8 Å². The minimum absolute atomic E-state index is 0.0193. The summed E-state index contributed by atoms with van der Waals surface area (Å²) in [5.74, 6) is -1.54. The van der Waals surface area contributed by atoms with Crippen molar-refractivity contribution in [2.75, 3.05) is 12.9 Å². The van der Waals surface area contributed by atoms with Crippen molar-refractivity contribution >= 4 is 24.4 Å². The molecule has 0 bridgehead atoms. The first kappa shape index (κ1) is 21.8. The zero-order valence-corrected chi connectivity index (χ0v) is 18.5. The lowest BCUT2D eigenvalue weighted by Crippen LogP contribution is -2.48. The second-order valence-electron chi connectivity index (χ2n) is 8.83. The third-order valence-corrected chi connectivity index (χ3v) is 10.1. The minimum atomic E-state index is -3.79. The Balaban J connectivity index is 2.21. The second kappa shape index (κ2) is 6.82. The standard InChI is InChI=1S/C16H30O8SSi/c1-15(2,3)26(7,8)20-9-10(24-25(6,18)19)11-12-13(14(17)21-11)23-16(4,5)22-12/h10-13H,9H2,1-8H3/t10-,11-,12+,13+/m1/s1. The highest BCUT2D eigenvalue weighted by Gasteiger charge is 2.59. The van der Waals surface area contributed by atoms with Gasteiger partial charge in [0.1, 0.15) is 12.2 Å². The Morgan fingerprint density at radius 1 is 1.23 bits per heavy atom. The Morgan fingerprint density at radius 3 is 2.31 bits per heavy atom. The van der Waals surface area contributed by atoms with Crippen LogP contribution in [0.4, 0.5) is 0 Å². The summed E-state index contributed by atoms with van der Waals surface area (Å²) in [6.45, 7) is 13.7. The monoisotopic (exact) mass is 410 g/mol. The van der Waals surface area contributed by atoms with Gasteiger partial charge in [0.05, 0.1) is 12.9 Å². The average molecular weight is 411 g/mol. The predicted molar refractivity (Wildman–Crippen MR) is 96.6 cm³/mol. The zero-order chi connectivity index (χ0) is 20.1. The summed E-state index contributed by atoms with van der Waals surface area (Å²) in [5.41, 5.74) is 0. The van der Waals surface area contributed by atoms with Gasteiger partial charge in [-0.25, -0.2) is 4.79 Å². The highest BCUT2D eigenvalue weighted by Crippen LogP contribution is 2.40. The summed E-state index contributed by atoms with van der Waals surface area (Å²) < 4.78 is 51.5. The Morgan fingerprint density at radius 2 is 1.81 bits per heavy atom. The maximum absolute atomic E-state index is 12.1. The molecule has 2 saturated heterocycles. The number of carbonyl (C=O) groups is 1. The third kappa shape index (κ3) is 4.85. The van der Waals surface area contributed by atoms with E-state index in [1.807, 2.05) is 13.1 Å². The number of ether oxygens (including phenoxy) is 3. The maximum atomic E-state index is 12.1. The normalized spacial score (nSPS) is 30.2. The van der Waals surface area contributed by atoms with E-state index in [2.05, 4.69) is 20.8 Å². The van der Waals surface area contributed by atoms with Gasteiger partial charge in [-0.05, 0) is 32.0 Å². The van der Waals surface area contributed by atoms with Crippen molar-refractivity contribution in [3.8, 4) is 0 Å². The van der Waals surface area contributed by atoms with E-state index in [9.17, 15) is 13.2 Å². The van der Waals surface area contributed by atoms with E-state index in [1.54, 1.807) is 13.8 Å². The molecule has 0 aromatic rings. The van der Waals surface area contributed by atoms with Crippen LogP contribution in [0.15, 0.2) is 0 Å². The summed E-state index contributed by atoms with van der Waals surface area (Å²) in [6, 6.07) is 0. The van der Waals surface area contributed by atoms with Gasteiger partial charge in [0.15, 0.2) is 26.3 Å². The fraction of sp³-hybridized carbons (Fsp3) is 0.938. The average Bonchev–Trinajstić information content (AvgIpc) is 2.87. The molecule has 2 heterocycles. The van der Waals surface area contributed by atoms with Crippen molar-refractivity contribution in [2.24, 2.45) is 0 Å². The third-order valence-electron chi connectivity index (χ3n) is 5.02. The van der Waals surface area contributed by atoms with Crippen LogP contribution in [0.1, 0.15) is 34.6 Å². The molecule has 0 amide bonds. The van der Waals surface area contributed by atoms with Gasteiger partial charge < -0.3 is 18.6 Å². The molecule has 0 unspecified atom stereocenters. The van der Waals surface area contributed by atoms with Crippen molar-refractivity contribution in [2.45, 2.75) is 83.0 Å². The van der Waals surface area contributed by atoms with Crippen LogP contribution in [0.3, 0.4) is 0 Å². The molecule has 2 aliphatic rings. The first-order valence-electron chi connectivity index (χ1n) is 8.61. The molecule has 0 aromatic heterocycles. The van der Waals surface area contributed by atoms with Crippen molar-refractivity contribution in [3.63, 3.8) is 0 Å². The molecule has 10 heteroatoms. The lowest BCUT2D eigenvalue weighted by Gasteiger charge is -2.37. The van der Waals surface area contributed by atoms with E-state index in [-0.39, 0.29) is 11.6 Å². The van der Waals surface area contributed by atoms with E-state index in [0.717, 1.165) is 6.26 Å². The van der Waals surface area contributed by atoms with Gasteiger partial charge >= 0.3 is 5.97 Å². The summed E-state index contributed by atoms with van der Waals surface area (Å²) in [5, 5.41) is -0.0630. The number of carbonyl (C=O) groups excluding carboxylic acids is 1. The lowest BCUT2D eigenvalue weighted by molar-refractivity contribution is -0.193. The number of esters is 1. The van der Waals surface area contributed by atoms with Gasteiger partial charge in [-0.15, -0.1) is 0 Å². The minimum Gasteiger partial charge on any atom is -0.455 e. The molecule has 2 fully saturated rings. The zero-order valence-electron chi connectivity index (χ0n) is 16.7. The molecular weight excluding hydrogens is 380 g/mol. The number of hydrogen-bond acceptors (Lipinski definition) is 8. The summed E-state index contributed by atoms with van der Waals surface area (Å²) in [6.07, 6.45) is -2.61. The van der Waals surface area contributed by atoms with Crippen LogP contribution in [0.2, 0.25) is 18.1 Å². The van der Waals surface area contributed by atoms with Gasteiger partial charge in [0.2, 0.25) is 0 Å². The molecule has 2 rings (SSSR count). The van der Waals surface area contributed by atoms with E-state index >= 15 is 0 Å². The molecule has 4 atom stereocenters. The summed E-state index contributed by atoms with van der Waals surface area (Å²) in [7, 11) is -5.95. The summed E-state index contributed by atoms with van der Waals surface area (Å²) >= 11 is 0. The highest BCUT2D eigenvalue weighted by atomic mass is 32.2. The Bertz CT molecular complexity index is 652. The highest BCUT2D eigenvalue weighted by molar-refractivity contribution is 7.86. The maximum Gasteiger partial charge on any atom is 0.338 e. The van der Waals surface area contributed by atoms with Gasteiger partial charge in [0, 0.05) is 0 Å². The molecule has 26 heavy (non-hydrogen) atoms. The molecule has 0 N–H and O–H groups in total. The fourth-order valence-corrected chi connectivity index (χ4v) is 4.30. The van der Waals surface area contributed by atoms with Gasteiger partial charge in [-0.3, -0.25) is 4.18 Å². The van der Waals surface area contributed by atoms with Crippen molar-refractivity contribution in [3.05, 3.63) is 0 Å². The Labute approximate surface area is 156 Å². The molecule has 2 aliphatic heterocycles. The number of fused-ring (bicyclic) bond motifs is 1. The van der Waals surface area contributed by atoms with Gasteiger partial charge in [0.25, 0.3) is 10.1 Å². The van der Waals surface area contributed by atoms with E-state index in [0.29, 0.717) is 0 Å². The predicted octanol–water partition coefficient (Wildman–Crippen LogP) is 1.80. The molecule has 152 valence electrons. The molecule has 0 radical (unpaired) electrons. The molecule has 0 aliphatic carbocycles. The van der Waals surface area contributed by atoms with E-state index in [4.69, 9.17) is 22.8 Å². The summed E-state index contributed by atoms with van der Waals surface area (Å²) in [4.78, 5) is 12.1. The Hall–Kier alpha value is -0.523. The SMILES string of the molecule is CC1(C)O[C@H]2[C@@H]([C@@H](CO[Si](C)(C)C(C)(C)C)OS(C)(=O)=O)OC(=O)[C@H]2O1. The largest absolute Gasteiger partial charge is 0.455 e. The molecule has 8 nitrogen and oxygen atoms in total. The van der Waals surface area contributed by atoms with Crippen molar-refractivity contribution in [1.82, 2.24) is 0 Å². The van der Waals surface area contributed by atoms with Gasteiger partial charge in [-0.2, -0.15) is 8.42 Å². The quantitative estimate of drug-likeness (QED) is 0.371. The van der Waals surface area contributed by atoms with Crippen LogP contribution in [0, 0.1) is 0 Å². The van der Waals surface area contributed by atoms with Crippen LogP contribution in [-0.2, 0) is 37.7 Å². The smallest absolute Gasteiger partial charge is 0.338 e. The first-order chi connectivity index (χ1) is 11.5. The second-order valence-corrected chi connectivity index (χ2v) is 15.2. The van der Waals surface area contributed by atoms with Crippen LogP contribution in [0.5, 0.6) is 0 Å². The van der Waals surface area contributed by atoms with Crippen LogP contribution >= 0.6 is 0 Å². The van der Waals surface area contributed by atoms with Crippen LogP contribution in [0.25, 0.3) is 0 Å². The van der Waals surface area contributed by atoms with E-state index in [1.165, 1.54) is 0 Å². The number of cyclic esters (lactones) is 1. The fourth-order valence-electron chi connectivity index (χ4n) is 2.68. The Kier molecular flexibility index (Phi) is 5.71. The van der Waals surface area contributed by atoms with Crippen LogP contribution in [-0.4, -0.2) is 65.8 Å². The molecule has 0 saturated carbocycles.